The van der Waals surface area contributed by atoms with Gasteiger partial charge in [0.05, 0.1) is 10.6 Å². The van der Waals surface area contributed by atoms with Gasteiger partial charge in [0.25, 0.3) is 0 Å². The number of benzene rings is 1. The van der Waals surface area contributed by atoms with E-state index in [1.54, 1.807) is 29.2 Å². The first-order valence-electron chi connectivity index (χ1n) is 9.22. The molecule has 0 spiro atoms. The Bertz CT molecular complexity index is 979. The third-order valence-corrected chi connectivity index (χ3v) is 7.66. The molecule has 0 unspecified atom stereocenters. The van der Waals surface area contributed by atoms with Crippen LogP contribution in [0.4, 0.5) is 0 Å². The second-order valence-corrected chi connectivity index (χ2v) is 9.87. The molecule has 0 atom stereocenters. The highest BCUT2D eigenvalue weighted by Crippen LogP contribution is 2.21. The summed E-state index contributed by atoms with van der Waals surface area (Å²) >= 11 is 3.31. The van der Waals surface area contributed by atoms with E-state index in [1.165, 1.54) is 4.31 Å². The van der Waals surface area contributed by atoms with Crippen molar-refractivity contribution < 1.29 is 13.2 Å². The fourth-order valence-electron chi connectivity index (χ4n) is 3.52. The van der Waals surface area contributed by atoms with Gasteiger partial charge in [0, 0.05) is 49.8 Å². The summed E-state index contributed by atoms with van der Waals surface area (Å²) in [4.78, 5) is 14.6. The van der Waals surface area contributed by atoms with Crippen molar-refractivity contribution in [3.05, 3.63) is 45.7 Å². The number of halogens is 1. The molecule has 1 aromatic carbocycles. The standard InChI is InChI=1S/C19H25BrN4O3S/c1-14-18(15(2)22(3)21-14)7-8-19(25)23-9-11-24(12-10-23)28(26,27)17-6-4-5-16(20)13-17/h4-6,13H,7-12H2,1-3H3. The lowest BCUT2D eigenvalue weighted by atomic mass is 10.1. The smallest absolute Gasteiger partial charge is 0.243 e. The van der Waals surface area contributed by atoms with Crippen molar-refractivity contribution in [3.63, 3.8) is 0 Å². The zero-order valence-corrected chi connectivity index (χ0v) is 18.8. The summed E-state index contributed by atoms with van der Waals surface area (Å²) < 4.78 is 29.6. The molecule has 1 fully saturated rings. The third-order valence-electron chi connectivity index (χ3n) is 5.27. The summed E-state index contributed by atoms with van der Waals surface area (Å²) in [6.07, 6.45) is 1.06. The number of hydrogen-bond donors (Lipinski definition) is 0. The van der Waals surface area contributed by atoms with Gasteiger partial charge in [-0.05, 0) is 44.0 Å². The van der Waals surface area contributed by atoms with Crippen LogP contribution in [0.25, 0.3) is 0 Å². The van der Waals surface area contributed by atoms with Gasteiger partial charge in [0.1, 0.15) is 0 Å². The molecule has 2 heterocycles. The highest BCUT2D eigenvalue weighted by molar-refractivity contribution is 9.10. The number of aromatic nitrogens is 2. The van der Waals surface area contributed by atoms with Crippen molar-refractivity contribution in [2.45, 2.75) is 31.6 Å². The van der Waals surface area contributed by atoms with E-state index in [-0.39, 0.29) is 10.8 Å². The number of sulfonamides is 1. The number of carbonyl (C=O) groups excluding carboxylic acids is 1. The number of aryl methyl sites for hydroxylation is 2. The molecular formula is C19H25BrN4O3S. The molecule has 152 valence electrons. The first kappa shape index (κ1) is 21.0. The zero-order chi connectivity index (χ0) is 20.5. The Morgan fingerprint density at radius 3 is 2.43 bits per heavy atom. The minimum absolute atomic E-state index is 0.0576. The van der Waals surface area contributed by atoms with Crippen molar-refractivity contribution in [2.24, 2.45) is 7.05 Å². The maximum atomic E-state index is 12.8. The van der Waals surface area contributed by atoms with E-state index in [0.717, 1.165) is 21.4 Å². The predicted molar refractivity (Wildman–Crippen MR) is 110 cm³/mol. The third kappa shape index (κ3) is 4.31. The summed E-state index contributed by atoms with van der Waals surface area (Å²) in [5, 5.41) is 4.39. The molecule has 0 bridgehead atoms. The van der Waals surface area contributed by atoms with Gasteiger partial charge in [-0.25, -0.2) is 8.42 Å². The predicted octanol–water partition coefficient (Wildman–Crippen LogP) is 2.27. The summed E-state index contributed by atoms with van der Waals surface area (Å²) in [5.74, 6) is 0.0576. The van der Waals surface area contributed by atoms with Crippen LogP contribution in [-0.4, -0.2) is 59.5 Å². The molecule has 2 aromatic rings. The SMILES string of the molecule is Cc1nn(C)c(C)c1CCC(=O)N1CCN(S(=O)(=O)c2cccc(Br)c2)CC1. The van der Waals surface area contributed by atoms with E-state index < -0.39 is 10.0 Å². The van der Waals surface area contributed by atoms with Crippen LogP contribution in [0, 0.1) is 13.8 Å². The Kier molecular flexibility index (Phi) is 6.26. The highest BCUT2D eigenvalue weighted by atomic mass is 79.9. The van der Waals surface area contributed by atoms with Gasteiger partial charge in [-0.15, -0.1) is 0 Å². The molecule has 0 radical (unpaired) electrons. The van der Waals surface area contributed by atoms with Crippen molar-refractivity contribution in [1.29, 1.82) is 0 Å². The number of hydrogen-bond acceptors (Lipinski definition) is 4. The largest absolute Gasteiger partial charge is 0.340 e. The van der Waals surface area contributed by atoms with Crippen LogP contribution in [0.15, 0.2) is 33.6 Å². The maximum Gasteiger partial charge on any atom is 0.243 e. The molecular weight excluding hydrogens is 444 g/mol. The van der Waals surface area contributed by atoms with E-state index in [4.69, 9.17) is 0 Å². The van der Waals surface area contributed by atoms with E-state index in [1.807, 2.05) is 25.6 Å². The molecule has 7 nitrogen and oxygen atoms in total. The quantitative estimate of drug-likeness (QED) is 0.674. The van der Waals surface area contributed by atoms with Crippen LogP contribution in [0.1, 0.15) is 23.4 Å². The topological polar surface area (TPSA) is 75.5 Å². The Morgan fingerprint density at radius 1 is 1.18 bits per heavy atom. The molecule has 1 aromatic heterocycles. The monoisotopic (exact) mass is 468 g/mol. The van der Waals surface area contributed by atoms with Crippen molar-refractivity contribution in [2.75, 3.05) is 26.2 Å². The van der Waals surface area contributed by atoms with Gasteiger partial charge in [-0.3, -0.25) is 9.48 Å². The molecule has 28 heavy (non-hydrogen) atoms. The second kappa shape index (κ2) is 8.34. The average Bonchev–Trinajstić information content (AvgIpc) is 2.91. The lowest BCUT2D eigenvalue weighted by molar-refractivity contribution is -0.132. The highest BCUT2D eigenvalue weighted by Gasteiger charge is 2.30. The Hall–Kier alpha value is -1.71. The first-order chi connectivity index (χ1) is 13.2. The Morgan fingerprint density at radius 2 is 1.86 bits per heavy atom. The minimum Gasteiger partial charge on any atom is -0.340 e. The van der Waals surface area contributed by atoms with Gasteiger partial charge in [-0.2, -0.15) is 9.40 Å². The lowest BCUT2D eigenvalue weighted by Crippen LogP contribution is -2.50. The minimum atomic E-state index is -3.54. The zero-order valence-electron chi connectivity index (χ0n) is 16.4. The van der Waals surface area contributed by atoms with Gasteiger partial charge in [-0.1, -0.05) is 22.0 Å². The molecule has 1 saturated heterocycles. The number of carbonyl (C=O) groups is 1. The first-order valence-corrected chi connectivity index (χ1v) is 11.5. The van der Waals surface area contributed by atoms with E-state index in [2.05, 4.69) is 21.0 Å². The van der Waals surface area contributed by atoms with Crippen molar-refractivity contribution >= 4 is 31.9 Å². The fraction of sp³-hybridized carbons (Fsp3) is 0.474. The van der Waals surface area contributed by atoms with Gasteiger partial charge in [0.15, 0.2) is 0 Å². The molecule has 3 rings (SSSR count). The van der Waals surface area contributed by atoms with Crippen LogP contribution in [0.5, 0.6) is 0 Å². The summed E-state index contributed by atoms with van der Waals surface area (Å²) in [6, 6.07) is 6.70. The molecule has 1 aliphatic heterocycles. The number of amides is 1. The summed E-state index contributed by atoms with van der Waals surface area (Å²) in [5.41, 5.74) is 3.15. The van der Waals surface area contributed by atoms with Crippen LogP contribution < -0.4 is 0 Å². The molecule has 0 N–H and O–H groups in total. The van der Waals surface area contributed by atoms with E-state index in [0.29, 0.717) is 39.0 Å². The Labute approximate surface area is 174 Å². The second-order valence-electron chi connectivity index (χ2n) is 7.02. The summed E-state index contributed by atoms with van der Waals surface area (Å²) in [6.45, 7) is 5.41. The van der Waals surface area contributed by atoms with Gasteiger partial charge < -0.3 is 4.90 Å². The fourth-order valence-corrected chi connectivity index (χ4v) is 5.54. The van der Waals surface area contributed by atoms with Crippen molar-refractivity contribution in [1.82, 2.24) is 19.0 Å². The average molecular weight is 469 g/mol. The molecule has 1 amide bonds. The molecule has 9 heteroatoms. The summed E-state index contributed by atoms with van der Waals surface area (Å²) in [7, 11) is -1.64. The van der Waals surface area contributed by atoms with Gasteiger partial charge in [0.2, 0.25) is 15.9 Å². The van der Waals surface area contributed by atoms with Crippen LogP contribution >= 0.6 is 15.9 Å². The Balaban J connectivity index is 1.58. The van der Waals surface area contributed by atoms with E-state index in [9.17, 15) is 13.2 Å². The van der Waals surface area contributed by atoms with Crippen LogP contribution in [0.2, 0.25) is 0 Å². The molecule has 0 aliphatic carbocycles. The normalized spacial score (nSPS) is 15.8. The van der Waals surface area contributed by atoms with Crippen LogP contribution in [0.3, 0.4) is 0 Å². The maximum absolute atomic E-state index is 12.8. The number of rotatable bonds is 5. The van der Waals surface area contributed by atoms with Crippen molar-refractivity contribution in [3.8, 4) is 0 Å². The van der Waals surface area contributed by atoms with E-state index >= 15 is 0 Å². The lowest BCUT2D eigenvalue weighted by Gasteiger charge is -2.34. The van der Waals surface area contributed by atoms with Crippen LogP contribution in [-0.2, 0) is 28.3 Å². The number of piperazine rings is 1. The number of nitrogens with zero attached hydrogens (tertiary/aromatic N) is 4. The van der Waals surface area contributed by atoms with Gasteiger partial charge >= 0.3 is 0 Å². The molecule has 1 aliphatic rings. The molecule has 0 saturated carbocycles.